The first-order valence-electron chi connectivity index (χ1n) is 4.66. The first kappa shape index (κ1) is 8.93. The molecule has 1 fully saturated rings. The molecule has 1 atom stereocenters. The molecule has 0 radical (unpaired) electrons. The maximum Gasteiger partial charge on any atom is 0.279 e. The highest BCUT2D eigenvalue weighted by atomic mass is 32.1. The lowest BCUT2D eigenvalue weighted by Gasteiger charge is -2.00. The zero-order valence-corrected chi connectivity index (χ0v) is 8.61. The quantitative estimate of drug-likeness (QED) is 0.768. The van der Waals surface area contributed by atoms with E-state index in [1.807, 2.05) is 0 Å². The summed E-state index contributed by atoms with van der Waals surface area (Å²) in [5, 5.41) is 3.88. The zero-order chi connectivity index (χ0) is 10.1. The Hall–Kier alpha value is -1.34. The molecule has 6 nitrogen and oxygen atoms in total. The van der Waals surface area contributed by atoms with Crippen LogP contribution in [0.4, 0.5) is 0 Å². The lowest BCUT2D eigenvalue weighted by atomic mass is 10.2. The highest BCUT2D eigenvalue weighted by Gasteiger charge is 2.23. The Labute approximate surface area is 89.6 Å². The van der Waals surface area contributed by atoms with Crippen molar-refractivity contribution < 1.29 is 9.26 Å². The maximum absolute atomic E-state index is 5.45. The molecule has 0 spiro atoms. The first-order chi connectivity index (χ1) is 7.43. The minimum absolute atomic E-state index is 0.0194. The van der Waals surface area contributed by atoms with Crippen LogP contribution < -0.4 is 0 Å². The van der Waals surface area contributed by atoms with Crippen LogP contribution in [0.1, 0.15) is 24.8 Å². The van der Waals surface area contributed by atoms with Crippen LogP contribution in [0.3, 0.4) is 0 Å². The summed E-state index contributed by atoms with van der Waals surface area (Å²) in [5.74, 6) is 1.02. The van der Waals surface area contributed by atoms with Crippen LogP contribution in [0.15, 0.2) is 10.7 Å². The van der Waals surface area contributed by atoms with Gasteiger partial charge in [0, 0.05) is 6.61 Å². The Morgan fingerprint density at radius 1 is 1.47 bits per heavy atom. The second-order valence-corrected chi connectivity index (χ2v) is 3.81. The molecule has 7 heteroatoms. The summed E-state index contributed by atoms with van der Waals surface area (Å²) < 4.78 is 18.4. The highest BCUT2D eigenvalue weighted by molar-refractivity contribution is 6.99. The predicted octanol–water partition coefficient (Wildman–Crippen LogP) is 1.44. The zero-order valence-electron chi connectivity index (χ0n) is 7.79. The summed E-state index contributed by atoms with van der Waals surface area (Å²) in [4.78, 5) is 4.24. The second kappa shape index (κ2) is 3.67. The van der Waals surface area contributed by atoms with E-state index in [-0.39, 0.29) is 6.10 Å². The summed E-state index contributed by atoms with van der Waals surface area (Å²) >= 11 is 1.12. The highest BCUT2D eigenvalue weighted by Crippen LogP contribution is 2.27. The predicted molar refractivity (Wildman–Crippen MR) is 51.1 cm³/mol. The van der Waals surface area contributed by atoms with Gasteiger partial charge in [0.25, 0.3) is 5.89 Å². The third kappa shape index (κ3) is 1.64. The van der Waals surface area contributed by atoms with Gasteiger partial charge >= 0.3 is 0 Å². The van der Waals surface area contributed by atoms with E-state index in [1.54, 1.807) is 6.20 Å². The average Bonchev–Trinajstić information content (AvgIpc) is 3.02. The third-order valence-corrected chi connectivity index (χ3v) is 2.72. The fraction of sp³-hybridized carbons (Fsp3) is 0.500. The molecule has 3 heterocycles. The Balaban J connectivity index is 1.87. The summed E-state index contributed by atoms with van der Waals surface area (Å²) in [6.45, 7) is 0.771. The standard InChI is InChI=1S/C8H8N4O2S/c1-2-6(13-3-1)7-10-8(14-11-7)5-4-9-15-12-5/h4,6H,1-3H2/t6-/m1/s1. The lowest BCUT2D eigenvalue weighted by Crippen LogP contribution is -1.97. The van der Waals surface area contributed by atoms with Crippen molar-refractivity contribution in [1.29, 1.82) is 0 Å². The molecule has 0 aliphatic carbocycles. The molecule has 15 heavy (non-hydrogen) atoms. The van der Waals surface area contributed by atoms with Gasteiger partial charge in [0.2, 0.25) is 5.82 Å². The van der Waals surface area contributed by atoms with Gasteiger partial charge in [-0.05, 0) is 12.8 Å². The van der Waals surface area contributed by atoms with Crippen LogP contribution in [0.5, 0.6) is 0 Å². The molecule has 2 aromatic rings. The van der Waals surface area contributed by atoms with Crippen LogP contribution in [0.25, 0.3) is 11.6 Å². The maximum atomic E-state index is 5.45. The third-order valence-electron chi connectivity index (χ3n) is 2.24. The Bertz CT molecular complexity index is 435. The minimum atomic E-state index is -0.0194. The molecule has 3 rings (SSSR count). The van der Waals surface area contributed by atoms with Gasteiger partial charge in [-0.2, -0.15) is 13.7 Å². The van der Waals surface area contributed by atoms with Crippen molar-refractivity contribution in [2.75, 3.05) is 6.61 Å². The molecule has 1 aliphatic heterocycles. The Morgan fingerprint density at radius 2 is 2.47 bits per heavy atom. The molecule has 1 aliphatic rings. The number of hydrogen-bond donors (Lipinski definition) is 0. The molecule has 0 amide bonds. The van der Waals surface area contributed by atoms with E-state index in [2.05, 4.69) is 18.9 Å². The molecule has 0 bridgehead atoms. The first-order valence-corrected chi connectivity index (χ1v) is 5.39. The Morgan fingerprint density at radius 3 is 3.20 bits per heavy atom. The van der Waals surface area contributed by atoms with E-state index in [4.69, 9.17) is 9.26 Å². The van der Waals surface area contributed by atoms with Crippen LogP contribution >= 0.6 is 11.7 Å². The number of aromatic nitrogens is 4. The molecular formula is C8H8N4O2S. The number of nitrogens with zero attached hydrogens (tertiary/aromatic N) is 4. The molecule has 0 N–H and O–H groups in total. The van der Waals surface area contributed by atoms with Crippen molar-refractivity contribution in [2.45, 2.75) is 18.9 Å². The van der Waals surface area contributed by atoms with Gasteiger partial charge in [0.15, 0.2) is 5.69 Å². The van der Waals surface area contributed by atoms with Gasteiger partial charge in [-0.25, -0.2) is 0 Å². The molecular weight excluding hydrogens is 216 g/mol. The van der Waals surface area contributed by atoms with Crippen LogP contribution in [-0.4, -0.2) is 25.5 Å². The van der Waals surface area contributed by atoms with Crippen molar-refractivity contribution in [3.8, 4) is 11.6 Å². The van der Waals surface area contributed by atoms with Crippen molar-refractivity contribution >= 4 is 11.7 Å². The van der Waals surface area contributed by atoms with E-state index in [0.717, 1.165) is 31.2 Å². The van der Waals surface area contributed by atoms with Gasteiger partial charge in [-0.15, -0.1) is 0 Å². The van der Waals surface area contributed by atoms with Crippen LogP contribution in [0.2, 0.25) is 0 Å². The van der Waals surface area contributed by atoms with Crippen molar-refractivity contribution in [1.82, 2.24) is 18.9 Å². The summed E-state index contributed by atoms with van der Waals surface area (Å²) in [7, 11) is 0. The summed E-state index contributed by atoms with van der Waals surface area (Å²) in [5.41, 5.74) is 0.622. The smallest absolute Gasteiger partial charge is 0.279 e. The second-order valence-electron chi connectivity index (χ2n) is 3.25. The SMILES string of the molecule is c1nsnc1-c1nc([C@H]2CCCO2)no1. The van der Waals surface area contributed by atoms with Crippen molar-refractivity contribution in [3.05, 3.63) is 12.0 Å². The normalized spacial score (nSPS) is 20.9. The topological polar surface area (TPSA) is 73.9 Å². The molecule has 0 aromatic carbocycles. The van der Waals surface area contributed by atoms with Gasteiger partial charge in [0.1, 0.15) is 6.10 Å². The van der Waals surface area contributed by atoms with E-state index in [9.17, 15) is 0 Å². The number of hydrogen-bond acceptors (Lipinski definition) is 7. The monoisotopic (exact) mass is 224 g/mol. The van der Waals surface area contributed by atoms with Crippen LogP contribution in [-0.2, 0) is 4.74 Å². The number of ether oxygens (including phenoxy) is 1. The molecule has 1 saturated heterocycles. The molecule has 0 unspecified atom stereocenters. The van der Waals surface area contributed by atoms with E-state index in [1.165, 1.54) is 0 Å². The van der Waals surface area contributed by atoms with E-state index >= 15 is 0 Å². The fourth-order valence-corrected chi connectivity index (χ4v) is 1.92. The largest absolute Gasteiger partial charge is 0.370 e. The van der Waals surface area contributed by atoms with Gasteiger partial charge in [-0.3, -0.25) is 0 Å². The van der Waals surface area contributed by atoms with Gasteiger partial charge < -0.3 is 9.26 Å². The molecule has 2 aromatic heterocycles. The molecule has 0 saturated carbocycles. The van der Waals surface area contributed by atoms with Crippen molar-refractivity contribution in [2.24, 2.45) is 0 Å². The average molecular weight is 224 g/mol. The fourth-order valence-electron chi connectivity index (χ4n) is 1.51. The number of rotatable bonds is 2. The van der Waals surface area contributed by atoms with Crippen molar-refractivity contribution in [3.63, 3.8) is 0 Å². The Kier molecular flexibility index (Phi) is 2.18. The summed E-state index contributed by atoms with van der Waals surface area (Å²) in [6.07, 6.45) is 3.59. The minimum Gasteiger partial charge on any atom is -0.370 e. The lowest BCUT2D eigenvalue weighted by molar-refractivity contribution is 0.103. The van der Waals surface area contributed by atoms with E-state index in [0.29, 0.717) is 17.4 Å². The van der Waals surface area contributed by atoms with E-state index < -0.39 is 0 Å². The van der Waals surface area contributed by atoms with Gasteiger partial charge in [0.05, 0.1) is 17.9 Å². The van der Waals surface area contributed by atoms with Gasteiger partial charge in [-0.1, -0.05) is 5.16 Å². The molecule has 78 valence electrons. The van der Waals surface area contributed by atoms with Crippen LogP contribution in [0, 0.1) is 0 Å². The summed E-state index contributed by atoms with van der Waals surface area (Å²) in [6, 6.07) is 0.